The molecule has 0 radical (unpaired) electrons. The second-order valence-corrected chi connectivity index (χ2v) is 7.18. The van der Waals surface area contributed by atoms with Crippen molar-refractivity contribution in [2.75, 3.05) is 20.3 Å². The molecule has 2 rings (SSSR count). The summed E-state index contributed by atoms with van der Waals surface area (Å²) in [6, 6.07) is 3.82. The number of rotatable bonds is 4. The van der Waals surface area contributed by atoms with Crippen molar-refractivity contribution in [3.05, 3.63) is 23.8 Å². The summed E-state index contributed by atoms with van der Waals surface area (Å²) in [6.07, 6.45) is -0.181. The average Bonchev–Trinajstić information content (AvgIpc) is 2.48. The first-order chi connectivity index (χ1) is 10.3. The smallest absolute Gasteiger partial charge is 0.252 e. The van der Waals surface area contributed by atoms with Gasteiger partial charge in [0.2, 0.25) is 10.0 Å². The molecule has 0 aromatic heterocycles. The Hall–Kier alpha value is -1.64. The maximum Gasteiger partial charge on any atom is 0.252 e. The van der Waals surface area contributed by atoms with Crippen LogP contribution in [0.25, 0.3) is 0 Å². The van der Waals surface area contributed by atoms with Gasteiger partial charge >= 0.3 is 0 Å². The van der Waals surface area contributed by atoms with Gasteiger partial charge < -0.3 is 15.2 Å². The molecule has 0 aliphatic carbocycles. The van der Waals surface area contributed by atoms with E-state index in [1.165, 1.54) is 29.6 Å². The van der Waals surface area contributed by atoms with E-state index in [-0.39, 0.29) is 34.9 Å². The van der Waals surface area contributed by atoms with Gasteiger partial charge in [-0.3, -0.25) is 4.79 Å². The van der Waals surface area contributed by atoms with E-state index in [1.807, 2.05) is 6.92 Å². The van der Waals surface area contributed by atoms with Crippen molar-refractivity contribution in [1.29, 1.82) is 0 Å². The fraction of sp³-hybridized carbons (Fsp3) is 0.500. The third-order valence-corrected chi connectivity index (χ3v) is 5.57. The fourth-order valence-corrected chi connectivity index (χ4v) is 4.10. The predicted molar refractivity (Wildman–Crippen MR) is 80.3 cm³/mol. The Morgan fingerprint density at radius 2 is 2.09 bits per heavy atom. The third kappa shape index (κ3) is 3.08. The number of morpholine rings is 1. The number of carbonyl (C=O) groups is 1. The maximum absolute atomic E-state index is 12.8. The Morgan fingerprint density at radius 3 is 2.68 bits per heavy atom. The number of nitrogens with two attached hydrogens (primary N) is 1. The predicted octanol–water partition coefficient (Wildman–Crippen LogP) is 0.592. The summed E-state index contributed by atoms with van der Waals surface area (Å²) < 4.78 is 37.5. The minimum absolute atomic E-state index is 0.0167. The Kier molecular flexibility index (Phi) is 4.74. The number of methoxy groups -OCH3 is 1. The summed E-state index contributed by atoms with van der Waals surface area (Å²) in [6.45, 7) is 4.19. The molecule has 1 aromatic carbocycles. The Bertz CT molecular complexity index is 674. The molecule has 1 aliphatic heterocycles. The molecule has 0 spiro atoms. The highest BCUT2D eigenvalue weighted by Crippen LogP contribution is 2.27. The summed E-state index contributed by atoms with van der Waals surface area (Å²) >= 11 is 0. The quantitative estimate of drug-likeness (QED) is 0.872. The SMILES string of the molecule is COc1ccc(S(=O)(=O)N2C[C@H](C)OC[C@H]2C)cc1C(N)=O. The highest BCUT2D eigenvalue weighted by Gasteiger charge is 2.34. The number of ether oxygens (including phenoxy) is 2. The number of nitrogens with zero attached hydrogens (tertiary/aromatic N) is 1. The molecule has 2 N–H and O–H groups in total. The van der Waals surface area contributed by atoms with Gasteiger partial charge in [-0.15, -0.1) is 0 Å². The number of hydrogen-bond donors (Lipinski definition) is 1. The van der Waals surface area contributed by atoms with Crippen LogP contribution in [0.3, 0.4) is 0 Å². The first-order valence-corrected chi connectivity index (χ1v) is 8.32. The van der Waals surface area contributed by atoms with Gasteiger partial charge in [-0.25, -0.2) is 8.42 Å². The lowest BCUT2D eigenvalue weighted by molar-refractivity contribution is -0.0170. The van der Waals surface area contributed by atoms with Crippen LogP contribution in [0.1, 0.15) is 24.2 Å². The van der Waals surface area contributed by atoms with Gasteiger partial charge in [-0.2, -0.15) is 4.31 Å². The number of primary amides is 1. The lowest BCUT2D eigenvalue weighted by Gasteiger charge is -2.35. The van der Waals surface area contributed by atoms with Gasteiger partial charge in [-0.05, 0) is 32.0 Å². The molecular weight excluding hydrogens is 308 g/mol. The highest BCUT2D eigenvalue weighted by atomic mass is 32.2. The van der Waals surface area contributed by atoms with E-state index >= 15 is 0 Å². The van der Waals surface area contributed by atoms with Crippen LogP contribution < -0.4 is 10.5 Å². The van der Waals surface area contributed by atoms with Crippen LogP contribution in [0.4, 0.5) is 0 Å². The van der Waals surface area contributed by atoms with Crippen LogP contribution >= 0.6 is 0 Å². The minimum atomic E-state index is -3.74. The van der Waals surface area contributed by atoms with Crippen molar-refractivity contribution >= 4 is 15.9 Å². The minimum Gasteiger partial charge on any atom is -0.496 e. The summed E-state index contributed by atoms with van der Waals surface area (Å²) in [5, 5.41) is 0. The molecule has 0 bridgehead atoms. The van der Waals surface area contributed by atoms with Gasteiger partial charge in [0.05, 0.1) is 30.3 Å². The van der Waals surface area contributed by atoms with Crippen LogP contribution in [0, 0.1) is 0 Å². The summed E-state index contributed by atoms with van der Waals surface area (Å²) in [7, 11) is -2.34. The summed E-state index contributed by atoms with van der Waals surface area (Å²) in [5.74, 6) is -0.493. The lowest BCUT2D eigenvalue weighted by atomic mass is 10.2. The first kappa shape index (κ1) is 16.7. The van der Waals surface area contributed by atoms with E-state index < -0.39 is 15.9 Å². The topological polar surface area (TPSA) is 98.9 Å². The van der Waals surface area contributed by atoms with Crippen LogP contribution in [0.2, 0.25) is 0 Å². The monoisotopic (exact) mass is 328 g/mol. The van der Waals surface area contributed by atoms with Gasteiger partial charge in [0.15, 0.2) is 0 Å². The molecular formula is C14H20N2O5S. The molecule has 8 heteroatoms. The van der Waals surface area contributed by atoms with Crippen LogP contribution in [-0.4, -0.2) is 51.0 Å². The molecule has 1 amide bonds. The Balaban J connectivity index is 2.45. The van der Waals surface area contributed by atoms with E-state index in [4.69, 9.17) is 15.2 Å². The molecule has 22 heavy (non-hydrogen) atoms. The van der Waals surface area contributed by atoms with E-state index in [2.05, 4.69) is 0 Å². The zero-order chi connectivity index (χ0) is 16.5. The van der Waals surface area contributed by atoms with Gasteiger partial charge in [0.25, 0.3) is 5.91 Å². The molecule has 1 heterocycles. The van der Waals surface area contributed by atoms with Crippen LogP contribution in [0.5, 0.6) is 5.75 Å². The van der Waals surface area contributed by atoms with Crippen LogP contribution in [0.15, 0.2) is 23.1 Å². The second kappa shape index (κ2) is 6.23. The van der Waals surface area contributed by atoms with Crippen molar-refractivity contribution < 1.29 is 22.7 Å². The third-order valence-electron chi connectivity index (χ3n) is 3.59. The zero-order valence-electron chi connectivity index (χ0n) is 12.8. The van der Waals surface area contributed by atoms with Crippen molar-refractivity contribution in [3.63, 3.8) is 0 Å². The molecule has 7 nitrogen and oxygen atoms in total. The number of carbonyl (C=O) groups excluding carboxylic acids is 1. The van der Waals surface area contributed by atoms with Gasteiger partial charge in [-0.1, -0.05) is 0 Å². The largest absolute Gasteiger partial charge is 0.496 e. The molecule has 1 aromatic rings. The van der Waals surface area contributed by atoms with E-state index in [0.717, 1.165) is 0 Å². The Morgan fingerprint density at radius 1 is 1.41 bits per heavy atom. The number of hydrogen-bond acceptors (Lipinski definition) is 5. The van der Waals surface area contributed by atoms with Gasteiger partial charge in [0, 0.05) is 12.6 Å². The molecule has 1 fully saturated rings. The number of sulfonamides is 1. The van der Waals surface area contributed by atoms with E-state index in [1.54, 1.807) is 6.92 Å². The number of benzene rings is 1. The van der Waals surface area contributed by atoms with Gasteiger partial charge in [0.1, 0.15) is 5.75 Å². The van der Waals surface area contributed by atoms with E-state index in [0.29, 0.717) is 6.61 Å². The number of amides is 1. The van der Waals surface area contributed by atoms with Crippen molar-refractivity contribution in [2.24, 2.45) is 5.73 Å². The Labute approximate surface area is 130 Å². The average molecular weight is 328 g/mol. The van der Waals surface area contributed by atoms with E-state index in [9.17, 15) is 13.2 Å². The second-order valence-electron chi connectivity index (χ2n) is 5.29. The van der Waals surface area contributed by atoms with Crippen molar-refractivity contribution in [2.45, 2.75) is 30.9 Å². The summed E-state index contributed by atoms with van der Waals surface area (Å²) in [4.78, 5) is 11.5. The zero-order valence-corrected chi connectivity index (χ0v) is 13.6. The molecule has 1 aliphatic rings. The molecule has 2 atom stereocenters. The normalized spacial score (nSPS) is 23.2. The maximum atomic E-state index is 12.8. The molecule has 0 saturated carbocycles. The molecule has 1 saturated heterocycles. The summed E-state index contributed by atoms with van der Waals surface area (Å²) in [5.41, 5.74) is 5.32. The lowest BCUT2D eigenvalue weighted by Crippen LogP contribution is -2.50. The standard InChI is InChI=1S/C14H20N2O5S/c1-9-8-21-10(2)7-16(9)22(18,19)11-4-5-13(20-3)12(6-11)14(15)17/h4-6,9-10H,7-8H2,1-3H3,(H2,15,17)/t9-,10+/m1/s1. The van der Waals surface area contributed by atoms with Crippen molar-refractivity contribution in [1.82, 2.24) is 4.31 Å². The first-order valence-electron chi connectivity index (χ1n) is 6.88. The molecule has 0 unspecified atom stereocenters. The van der Waals surface area contributed by atoms with Crippen molar-refractivity contribution in [3.8, 4) is 5.75 Å². The molecule has 122 valence electrons. The fourth-order valence-electron chi connectivity index (χ4n) is 2.38. The van der Waals surface area contributed by atoms with Crippen LogP contribution in [-0.2, 0) is 14.8 Å². The highest BCUT2D eigenvalue weighted by molar-refractivity contribution is 7.89.